The third kappa shape index (κ3) is 3.31. The average molecular weight is 408 g/mol. The van der Waals surface area contributed by atoms with E-state index in [9.17, 15) is 4.79 Å². The molecule has 27 heavy (non-hydrogen) atoms. The summed E-state index contributed by atoms with van der Waals surface area (Å²) in [6, 6.07) is 3.64. The van der Waals surface area contributed by atoms with Crippen molar-refractivity contribution < 1.29 is 9.90 Å². The largest absolute Gasteiger partial charge is 0.390 e. The second-order valence-electron chi connectivity index (χ2n) is 6.81. The number of amides is 1. The van der Waals surface area contributed by atoms with Crippen LogP contribution in [0.5, 0.6) is 0 Å². The standard InChI is InChI=1S/C18H19Cl2N5O2/c1-10-16-14(20)6-11(19)7-15(16)21-17(10)18(27)24-4-2-13(3-5-24)25-8-12(9-26)22-23-25/h6-8,13,21,26H,2-5,9H2,1H3. The zero-order valence-corrected chi connectivity index (χ0v) is 16.3. The van der Waals surface area contributed by atoms with Gasteiger partial charge in [-0.25, -0.2) is 4.68 Å². The third-order valence-electron chi connectivity index (χ3n) is 5.12. The number of hydrogen-bond donors (Lipinski definition) is 2. The Kier molecular flexibility index (Phi) is 4.84. The van der Waals surface area contributed by atoms with Crippen LogP contribution in [0.3, 0.4) is 0 Å². The van der Waals surface area contributed by atoms with E-state index in [2.05, 4.69) is 15.3 Å². The first-order valence-electron chi connectivity index (χ1n) is 8.76. The third-order valence-corrected chi connectivity index (χ3v) is 5.64. The molecule has 0 aliphatic carbocycles. The number of likely N-dealkylation sites (tertiary alicyclic amines) is 1. The number of halogens is 2. The minimum absolute atomic E-state index is 0.0380. The van der Waals surface area contributed by atoms with E-state index in [1.54, 1.807) is 23.0 Å². The summed E-state index contributed by atoms with van der Waals surface area (Å²) in [7, 11) is 0. The Hall–Kier alpha value is -2.09. The monoisotopic (exact) mass is 407 g/mol. The minimum atomic E-state index is -0.121. The highest BCUT2D eigenvalue weighted by atomic mass is 35.5. The van der Waals surface area contributed by atoms with Gasteiger partial charge in [-0.2, -0.15) is 0 Å². The number of aryl methyl sites for hydroxylation is 1. The van der Waals surface area contributed by atoms with Crippen LogP contribution in [-0.4, -0.2) is 49.0 Å². The van der Waals surface area contributed by atoms with Crippen LogP contribution in [0.4, 0.5) is 0 Å². The number of aromatic amines is 1. The van der Waals surface area contributed by atoms with Crippen LogP contribution in [0.15, 0.2) is 18.3 Å². The van der Waals surface area contributed by atoms with Crippen LogP contribution < -0.4 is 0 Å². The summed E-state index contributed by atoms with van der Waals surface area (Å²) in [5, 5.41) is 19.0. The molecule has 4 rings (SSSR count). The van der Waals surface area contributed by atoms with Gasteiger partial charge in [-0.3, -0.25) is 4.79 Å². The fourth-order valence-electron chi connectivity index (χ4n) is 3.68. The van der Waals surface area contributed by atoms with Crippen LogP contribution in [0.2, 0.25) is 10.0 Å². The number of H-pyrrole nitrogens is 1. The van der Waals surface area contributed by atoms with Gasteiger partial charge in [-0.1, -0.05) is 28.4 Å². The van der Waals surface area contributed by atoms with Gasteiger partial charge in [0.15, 0.2) is 0 Å². The highest BCUT2D eigenvalue weighted by molar-refractivity contribution is 6.39. The number of aliphatic hydroxyl groups excluding tert-OH is 1. The molecule has 1 aliphatic heterocycles. The Labute approximate surface area is 165 Å². The minimum Gasteiger partial charge on any atom is -0.390 e. The van der Waals surface area contributed by atoms with E-state index in [1.807, 2.05) is 11.8 Å². The number of benzene rings is 1. The van der Waals surface area contributed by atoms with Crippen molar-refractivity contribution in [3.8, 4) is 0 Å². The number of aliphatic hydroxyl groups is 1. The molecule has 142 valence electrons. The number of fused-ring (bicyclic) bond motifs is 1. The maximum absolute atomic E-state index is 13.0. The summed E-state index contributed by atoms with van der Waals surface area (Å²) >= 11 is 12.4. The Bertz CT molecular complexity index is 1000. The normalized spacial score (nSPS) is 15.6. The molecule has 7 nitrogen and oxygen atoms in total. The average Bonchev–Trinajstić information content (AvgIpc) is 3.26. The number of piperidine rings is 1. The lowest BCUT2D eigenvalue weighted by molar-refractivity contribution is 0.0683. The molecule has 0 saturated carbocycles. The molecular weight excluding hydrogens is 389 g/mol. The van der Waals surface area contributed by atoms with Crippen LogP contribution in [-0.2, 0) is 6.61 Å². The van der Waals surface area contributed by atoms with E-state index >= 15 is 0 Å². The van der Waals surface area contributed by atoms with Crippen molar-refractivity contribution >= 4 is 40.0 Å². The maximum Gasteiger partial charge on any atom is 0.270 e. The first-order valence-corrected chi connectivity index (χ1v) is 9.51. The topological polar surface area (TPSA) is 87.0 Å². The van der Waals surface area contributed by atoms with E-state index in [0.29, 0.717) is 34.5 Å². The Morgan fingerprint density at radius 1 is 1.33 bits per heavy atom. The number of nitrogens with zero attached hydrogens (tertiary/aromatic N) is 4. The number of carbonyl (C=O) groups excluding carboxylic acids is 1. The van der Waals surface area contributed by atoms with E-state index in [0.717, 1.165) is 29.3 Å². The Morgan fingerprint density at radius 2 is 2.07 bits per heavy atom. The summed E-state index contributed by atoms with van der Waals surface area (Å²) in [6.45, 7) is 3.02. The van der Waals surface area contributed by atoms with E-state index in [-0.39, 0.29) is 18.6 Å². The van der Waals surface area contributed by atoms with Crippen LogP contribution in [0, 0.1) is 6.92 Å². The van der Waals surface area contributed by atoms with Crippen molar-refractivity contribution in [1.82, 2.24) is 24.9 Å². The van der Waals surface area contributed by atoms with Gasteiger partial charge in [0, 0.05) is 29.0 Å². The van der Waals surface area contributed by atoms with Crippen LogP contribution in [0.25, 0.3) is 10.9 Å². The lowest BCUT2D eigenvalue weighted by Gasteiger charge is -2.31. The lowest BCUT2D eigenvalue weighted by atomic mass is 10.0. The highest BCUT2D eigenvalue weighted by Gasteiger charge is 2.28. The fraction of sp³-hybridized carbons (Fsp3) is 0.389. The highest BCUT2D eigenvalue weighted by Crippen LogP contribution is 2.33. The van der Waals surface area contributed by atoms with Gasteiger partial charge in [0.2, 0.25) is 0 Å². The lowest BCUT2D eigenvalue weighted by Crippen LogP contribution is -2.39. The second kappa shape index (κ2) is 7.14. The first kappa shape index (κ1) is 18.3. The van der Waals surface area contributed by atoms with Crippen LogP contribution >= 0.6 is 23.2 Å². The Morgan fingerprint density at radius 3 is 2.74 bits per heavy atom. The van der Waals surface area contributed by atoms with Crippen molar-refractivity contribution in [2.24, 2.45) is 0 Å². The molecule has 3 heterocycles. The molecule has 1 amide bonds. The molecule has 0 bridgehead atoms. The molecule has 0 spiro atoms. The molecule has 0 unspecified atom stereocenters. The SMILES string of the molecule is Cc1c(C(=O)N2CCC(n3cc(CO)nn3)CC2)[nH]c2cc(Cl)cc(Cl)c12. The molecular formula is C18H19Cl2N5O2. The summed E-state index contributed by atoms with van der Waals surface area (Å²) < 4.78 is 1.78. The van der Waals surface area contributed by atoms with E-state index < -0.39 is 0 Å². The molecule has 1 fully saturated rings. The number of aromatic nitrogens is 4. The zero-order valence-electron chi connectivity index (χ0n) is 14.7. The van der Waals surface area contributed by atoms with Gasteiger partial charge in [0.1, 0.15) is 11.4 Å². The molecule has 3 aromatic rings. The molecule has 1 aliphatic rings. The van der Waals surface area contributed by atoms with Gasteiger partial charge in [0.25, 0.3) is 5.91 Å². The summed E-state index contributed by atoms with van der Waals surface area (Å²) in [5.41, 5.74) is 2.71. The van der Waals surface area contributed by atoms with Crippen molar-refractivity contribution in [3.63, 3.8) is 0 Å². The van der Waals surface area contributed by atoms with E-state index in [4.69, 9.17) is 28.3 Å². The maximum atomic E-state index is 13.0. The van der Waals surface area contributed by atoms with Crippen molar-refractivity contribution in [3.05, 3.63) is 45.3 Å². The summed E-state index contributed by atoms with van der Waals surface area (Å²) in [5.74, 6) is -0.0380. The molecule has 2 aromatic heterocycles. The molecule has 1 saturated heterocycles. The number of carbonyl (C=O) groups is 1. The Balaban J connectivity index is 1.52. The van der Waals surface area contributed by atoms with Crippen molar-refractivity contribution in [1.29, 1.82) is 0 Å². The smallest absolute Gasteiger partial charge is 0.270 e. The van der Waals surface area contributed by atoms with Gasteiger partial charge < -0.3 is 15.0 Å². The predicted molar refractivity (Wildman–Crippen MR) is 103 cm³/mol. The first-order chi connectivity index (χ1) is 13.0. The molecule has 9 heteroatoms. The van der Waals surface area contributed by atoms with Gasteiger partial charge >= 0.3 is 0 Å². The summed E-state index contributed by atoms with van der Waals surface area (Å²) in [6.07, 6.45) is 3.33. The van der Waals surface area contributed by atoms with Gasteiger partial charge in [-0.15, -0.1) is 5.10 Å². The van der Waals surface area contributed by atoms with Crippen molar-refractivity contribution in [2.75, 3.05) is 13.1 Å². The van der Waals surface area contributed by atoms with Crippen molar-refractivity contribution in [2.45, 2.75) is 32.4 Å². The fourth-order valence-corrected chi connectivity index (χ4v) is 4.31. The predicted octanol–water partition coefficient (Wildman–Crippen LogP) is 3.34. The van der Waals surface area contributed by atoms with Crippen LogP contribution in [0.1, 0.15) is 40.6 Å². The number of nitrogens with one attached hydrogen (secondary N) is 1. The van der Waals surface area contributed by atoms with E-state index in [1.165, 1.54) is 0 Å². The number of rotatable bonds is 3. The number of hydrogen-bond acceptors (Lipinski definition) is 4. The molecule has 0 radical (unpaired) electrons. The van der Waals surface area contributed by atoms with Gasteiger partial charge in [-0.05, 0) is 37.5 Å². The molecule has 0 atom stereocenters. The second-order valence-corrected chi connectivity index (χ2v) is 7.65. The zero-order chi connectivity index (χ0) is 19.1. The van der Waals surface area contributed by atoms with Gasteiger partial charge in [0.05, 0.1) is 23.9 Å². The molecule has 1 aromatic carbocycles. The molecule has 2 N–H and O–H groups in total. The summed E-state index contributed by atoms with van der Waals surface area (Å²) in [4.78, 5) is 18.1. The quantitative estimate of drug-likeness (QED) is 0.696.